The molecule has 0 radical (unpaired) electrons. The van der Waals surface area contributed by atoms with Crippen molar-refractivity contribution in [2.24, 2.45) is 14.1 Å². The van der Waals surface area contributed by atoms with Gasteiger partial charge in [0.05, 0.1) is 6.33 Å². The van der Waals surface area contributed by atoms with Crippen LogP contribution >= 0.6 is 0 Å². The number of amides is 3. The van der Waals surface area contributed by atoms with E-state index in [4.69, 9.17) is 0 Å². The van der Waals surface area contributed by atoms with Crippen molar-refractivity contribution in [3.8, 4) is 0 Å². The molecule has 1 saturated heterocycles. The molecule has 128 valence electrons. The Morgan fingerprint density at radius 2 is 1.75 bits per heavy atom. The SMILES string of the molecule is Cn1c(=O)c2c(ncn2CCN2C(=O)NC(C)(C)C2=O)n(C)c1=O. The van der Waals surface area contributed by atoms with Gasteiger partial charge < -0.3 is 9.88 Å². The van der Waals surface area contributed by atoms with Crippen molar-refractivity contribution in [3.05, 3.63) is 27.2 Å². The maximum atomic E-state index is 12.3. The van der Waals surface area contributed by atoms with E-state index < -0.39 is 22.8 Å². The van der Waals surface area contributed by atoms with Crippen LogP contribution in [0.2, 0.25) is 0 Å². The van der Waals surface area contributed by atoms with Crippen molar-refractivity contribution in [2.45, 2.75) is 25.9 Å². The molecule has 24 heavy (non-hydrogen) atoms. The van der Waals surface area contributed by atoms with Gasteiger partial charge in [-0.2, -0.15) is 0 Å². The normalized spacial score (nSPS) is 16.9. The summed E-state index contributed by atoms with van der Waals surface area (Å²) in [4.78, 5) is 53.5. The van der Waals surface area contributed by atoms with Gasteiger partial charge in [0.25, 0.3) is 11.5 Å². The number of rotatable bonds is 3. The Balaban J connectivity index is 1.96. The lowest BCUT2D eigenvalue weighted by atomic mass is 10.1. The van der Waals surface area contributed by atoms with E-state index in [0.717, 1.165) is 9.47 Å². The van der Waals surface area contributed by atoms with E-state index in [1.807, 2.05) is 0 Å². The second-order valence-corrected chi connectivity index (χ2v) is 6.33. The molecular formula is C14H18N6O4. The molecule has 3 heterocycles. The van der Waals surface area contributed by atoms with Gasteiger partial charge in [0.1, 0.15) is 5.54 Å². The summed E-state index contributed by atoms with van der Waals surface area (Å²) in [5, 5.41) is 2.60. The van der Waals surface area contributed by atoms with Gasteiger partial charge in [-0.25, -0.2) is 14.6 Å². The minimum atomic E-state index is -0.936. The lowest BCUT2D eigenvalue weighted by Gasteiger charge is -2.16. The largest absolute Gasteiger partial charge is 0.332 e. The summed E-state index contributed by atoms with van der Waals surface area (Å²) in [6, 6.07) is -0.463. The topological polar surface area (TPSA) is 111 Å². The van der Waals surface area contributed by atoms with Gasteiger partial charge >= 0.3 is 11.7 Å². The van der Waals surface area contributed by atoms with Gasteiger partial charge in [-0.1, -0.05) is 0 Å². The van der Waals surface area contributed by atoms with Crippen LogP contribution in [0.4, 0.5) is 4.79 Å². The van der Waals surface area contributed by atoms with Crippen LogP contribution < -0.4 is 16.6 Å². The van der Waals surface area contributed by atoms with Crippen molar-refractivity contribution in [3.63, 3.8) is 0 Å². The zero-order valence-electron chi connectivity index (χ0n) is 13.9. The molecule has 2 aromatic heterocycles. The minimum Gasteiger partial charge on any atom is -0.324 e. The second kappa shape index (κ2) is 5.05. The molecule has 10 heteroatoms. The minimum absolute atomic E-state index is 0.103. The molecule has 1 aliphatic heterocycles. The van der Waals surface area contributed by atoms with E-state index in [2.05, 4.69) is 10.3 Å². The number of nitrogens with zero attached hydrogens (tertiary/aromatic N) is 5. The zero-order valence-corrected chi connectivity index (χ0v) is 13.9. The van der Waals surface area contributed by atoms with Crippen LogP contribution in [0.1, 0.15) is 13.8 Å². The first-order chi connectivity index (χ1) is 11.1. The predicted molar refractivity (Wildman–Crippen MR) is 84.5 cm³/mol. The molecule has 10 nitrogen and oxygen atoms in total. The fraction of sp³-hybridized carbons (Fsp3) is 0.500. The molecule has 0 atom stereocenters. The number of carbonyl (C=O) groups excluding carboxylic acids is 2. The van der Waals surface area contributed by atoms with E-state index in [0.29, 0.717) is 0 Å². The van der Waals surface area contributed by atoms with E-state index >= 15 is 0 Å². The fourth-order valence-corrected chi connectivity index (χ4v) is 2.80. The highest BCUT2D eigenvalue weighted by Gasteiger charge is 2.43. The molecule has 0 spiro atoms. The summed E-state index contributed by atoms with van der Waals surface area (Å²) in [5.74, 6) is -0.322. The Hall–Kier alpha value is -2.91. The molecule has 3 amide bonds. The molecule has 1 N–H and O–H groups in total. The van der Waals surface area contributed by atoms with Crippen LogP contribution in [0.25, 0.3) is 11.2 Å². The van der Waals surface area contributed by atoms with Crippen LogP contribution in [0.5, 0.6) is 0 Å². The third kappa shape index (κ3) is 2.14. The van der Waals surface area contributed by atoms with Crippen molar-refractivity contribution >= 4 is 23.1 Å². The number of aryl methyl sites for hydroxylation is 1. The second-order valence-electron chi connectivity index (χ2n) is 6.33. The van der Waals surface area contributed by atoms with E-state index in [1.54, 1.807) is 18.4 Å². The Labute approximate surface area is 136 Å². The van der Waals surface area contributed by atoms with Gasteiger partial charge in [0.15, 0.2) is 11.2 Å². The van der Waals surface area contributed by atoms with Crippen molar-refractivity contribution in [1.29, 1.82) is 0 Å². The highest BCUT2D eigenvalue weighted by molar-refractivity contribution is 6.06. The summed E-state index contributed by atoms with van der Waals surface area (Å²) >= 11 is 0. The number of urea groups is 1. The predicted octanol–water partition coefficient (Wildman–Crippen LogP) is -1.24. The number of nitrogens with one attached hydrogen (secondary N) is 1. The van der Waals surface area contributed by atoms with Crippen LogP contribution in [0, 0.1) is 0 Å². The summed E-state index contributed by atoms with van der Waals surface area (Å²) in [5.41, 5.74) is -1.35. The van der Waals surface area contributed by atoms with Crippen LogP contribution in [-0.2, 0) is 25.4 Å². The number of hydrogen-bond acceptors (Lipinski definition) is 5. The maximum Gasteiger partial charge on any atom is 0.332 e. The van der Waals surface area contributed by atoms with Gasteiger partial charge in [0, 0.05) is 27.2 Å². The Bertz CT molecular complexity index is 980. The first-order valence-corrected chi connectivity index (χ1v) is 7.40. The van der Waals surface area contributed by atoms with Crippen molar-refractivity contribution < 1.29 is 9.59 Å². The lowest BCUT2D eigenvalue weighted by Crippen LogP contribution is -2.40. The standard InChI is InChI=1S/C14H18N6O4/c1-14(2)11(22)20(12(23)16-14)6-5-19-7-15-9-8(19)10(21)18(4)13(24)17(9)3/h7H,5-6H2,1-4H3,(H,16,23). The Morgan fingerprint density at radius 3 is 2.33 bits per heavy atom. The average molecular weight is 334 g/mol. The van der Waals surface area contributed by atoms with Gasteiger partial charge in [-0.15, -0.1) is 0 Å². The molecule has 3 rings (SSSR count). The molecule has 2 aromatic rings. The molecule has 0 aliphatic carbocycles. The third-order valence-corrected chi connectivity index (χ3v) is 4.23. The summed E-state index contributed by atoms with van der Waals surface area (Å²) in [7, 11) is 2.92. The first-order valence-electron chi connectivity index (χ1n) is 7.40. The summed E-state index contributed by atoms with van der Waals surface area (Å²) < 4.78 is 3.82. The number of aromatic nitrogens is 4. The van der Waals surface area contributed by atoms with E-state index in [1.165, 1.54) is 25.0 Å². The molecule has 0 bridgehead atoms. The molecule has 1 aliphatic rings. The van der Waals surface area contributed by atoms with Gasteiger partial charge in [-0.05, 0) is 13.8 Å². The lowest BCUT2D eigenvalue weighted by molar-refractivity contribution is -0.130. The van der Waals surface area contributed by atoms with Crippen LogP contribution in [0.15, 0.2) is 15.9 Å². The van der Waals surface area contributed by atoms with Gasteiger partial charge in [-0.3, -0.25) is 23.6 Å². The highest BCUT2D eigenvalue weighted by atomic mass is 16.2. The monoisotopic (exact) mass is 334 g/mol. The smallest absolute Gasteiger partial charge is 0.324 e. The molecule has 0 saturated carbocycles. The van der Waals surface area contributed by atoms with Crippen molar-refractivity contribution in [1.82, 2.24) is 28.9 Å². The van der Waals surface area contributed by atoms with E-state index in [9.17, 15) is 19.2 Å². The number of fused-ring (bicyclic) bond motifs is 1. The summed E-state index contributed by atoms with van der Waals surface area (Å²) in [6.07, 6.45) is 1.43. The number of hydrogen-bond donors (Lipinski definition) is 1. The Kier molecular flexibility index (Phi) is 3.36. The van der Waals surface area contributed by atoms with Gasteiger partial charge in [0.2, 0.25) is 0 Å². The molecule has 1 fully saturated rings. The van der Waals surface area contributed by atoms with Crippen LogP contribution in [0.3, 0.4) is 0 Å². The highest BCUT2D eigenvalue weighted by Crippen LogP contribution is 2.16. The Morgan fingerprint density at radius 1 is 1.08 bits per heavy atom. The zero-order chi connectivity index (χ0) is 17.8. The molecular weight excluding hydrogens is 316 g/mol. The van der Waals surface area contributed by atoms with Crippen LogP contribution in [-0.4, -0.2) is 47.6 Å². The molecule has 0 unspecified atom stereocenters. The average Bonchev–Trinajstić information content (AvgIpc) is 3.01. The molecule has 0 aromatic carbocycles. The number of carbonyl (C=O) groups is 2. The van der Waals surface area contributed by atoms with E-state index in [-0.39, 0.29) is 30.2 Å². The first kappa shape index (κ1) is 16.0. The number of imidazole rings is 1. The summed E-state index contributed by atoms with van der Waals surface area (Å²) in [6.45, 7) is 3.57. The quantitative estimate of drug-likeness (QED) is 0.706. The van der Waals surface area contributed by atoms with Crippen molar-refractivity contribution in [2.75, 3.05) is 6.54 Å². The fourth-order valence-electron chi connectivity index (χ4n) is 2.80. The maximum absolute atomic E-state index is 12.3. The number of imide groups is 1. The third-order valence-electron chi connectivity index (χ3n) is 4.23.